The second-order valence-corrected chi connectivity index (χ2v) is 9.00. The first-order valence-electron chi connectivity index (χ1n) is 10.6. The molecule has 0 unspecified atom stereocenters. The van der Waals surface area contributed by atoms with Crippen molar-refractivity contribution in [1.29, 1.82) is 0 Å². The van der Waals surface area contributed by atoms with E-state index in [-0.39, 0.29) is 17.4 Å². The predicted molar refractivity (Wildman–Crippen MR) is 122 cm³/mol. The van der Waals surface area contributed by atoms with E-state index in [4.69, 9.17) is 9.47 Å². The first kappa shape index (κ1) is 25.4. The Morgan fingerprint density at radius 1 is 1.00 bits per heavy atom. The smallest absolute Gasteiger partial charge is 0.338 e. The molecule has 0 saturated heterocycles. The Bertz CT molecular complexity index is 1020. The van der Waals surface area contributed by atoms with Gasteiger partial charge in [0, 0.05) is 12.2 Å². The van der Waals surface area contributed by atoms with E-state index in [2.05, 4.69) is 10.0 Å². The van der Waals surface area contributed by atoms with Crippen LogP contribution in [-0.4, -0.2) is 40.1 Å². The molecule has 0 bridgehead atoms. The van der Waals surface area contributed by atoms with E-state index in [0.29, 0.717) is 42.1 Å². The number of hydrogen-bond donors (Lipinski definition) is 2. The van der Waals surface area contributed by atoms with E-state index in [9.17, 15) is 18.0 Å². The minimum atomic E-state index is -3.57. The number of aryl methyl sites for hydroxylation is 1. The van der Waals surface area contributed by atoms with E-state index >= 15 is 0 Å². The van der Waals surface area contributed by atoms with Gasteiger partial charge in [-0.1, -0.05) is 20.3 Å². The maximum Gasteiger partial charge on any atom is 0.338 e. The number of unbranched alkanes of at least 4 members (excludes halogenated alkanes) is 1. The summed E-state index contributed by atoms with van der Waals surface area (Å²) in [6, 6.07) is 10.9. The number of anilines is 1. The van der Waals surface area contributed by atoms with Crippen LogP contribution < -0.4 is 14.8 Å². The summed E-state index contributed by atoms with van der Waals surface area (Å²) in [5, 5.41) is 2.69. The van der Waals surface area contributed by atoms with Gasteiger partial charge in [-0.05, 0) is 67.8 Å². The van der Waals surface area contributed by atoms with E-state index in [1.165, 1.54) is 18.2 Å². The van der Waals surface area contributed by atoms with Crippen molar-refractivity contribution in [3.05, 3.63) is 53.6 Å². The fourth-order valence-electron chi connectivity index (χ4n) is 2.69. The van der Waals surface area contributed by atoms with Crippen molar-refractivity contribution in [3.63, 3.8) is 0 Å². The molecule has 0 aromatic heterocycles. The summed E-state index contributed by atoms with van der Waals surface area (Å²) in [5.41, 5.74) is 1.53. The van der Waals surface area contributed by atoms with Crippen molar-refractivity contribution in [2.75, 3.05) is 25.1 Å². The SMILES string of the molecule is CCCCOC(=O)c1ccc(NC(=O)COc2ccc(S(=O)(=O)NCCC)cc2C)cc1. The molecule has 174 valence electrons. The Morgan fingerprint density at radius 3 is 2.34 bits per heavy atom. The van der Waals surface area contributed by atoms with E-state index in [1.807, 2.05) is 13.8 Å². The Balaban J connectivity index is 1.89. The second-order valence-electron chi connectivity index (χ2n) is 7.23. The summed E-state index contributed by atoms with van der Waals surface area (Å²) in [7, 11) is -3.57. The van der Waals surface area contributed by atoms with Gasteiger partial charge in [-0.15, -0.1) is 0 Å². The van der Waals surface area contributed by atoms with Crippen LogP contribution in [0, 0.1) is 6.92 Å². The van der Waals surface area contributed by atoms with Crippen molar-refractivity contribution >= 4 is 27.6 Å². The van der Waals surface area contributed by atoms with Crippen LogP contribution in [0.25, 0.3) is 0 Å². The third-order valence-corrected chi connectivity index (χ3v) is 5.95. The van der Waals surface area contributed by atoms with Crippen LogP contribution in [0.1, 0.15) is 49.0 Å². The average molecular weight is 463 g/mol. The van der Waals surface area contributed by atoms with Gasteiger partial charge in [-0.3, -0.25) is 4.79 Å². The van der Waals surface area contributed by atoms with Crippen LogP contribution in [0.15, 0.2) is 47.4 Å². The number of ether oxygens (including phenoxy) is 2. The zero-order valence-corrected chi connectivity index (χ0v) is 19.5. The van der Waals surface area contributed by atoms with Gasteiger partial charge in [0.15, 0.2) is 6.61 Å². The fourth-order valence-corrected chi connectivity index (χ4v) is 3.91. The van der Waals surface area contributed by atoms with Gasteiger partial charge in [-0.2, -0.15) is 0 Å². The number of carbonyl (C=O) groups is 2. The van der Waals surface area contributed by atoms with Gasteiger partial charge in [-0.25, -0.2) is 17.9 Å². The molecule has 0 aliphatic carbocycles. The first-order valence-corrected chi connectivity index (χ1v) is 12.0. The minimum Gasteiger partial charge on any atom is -0.483 e. The maximum atomic E-state index is 12.2. The molecule has 2 aromatic carbocycles. The van der Waals surface area contributed by atoms with Gasteiger partial charge < -0.3 is 14.8 Å². The number of esters is 1. The first-order chi connectivity index (χ1) is 15.3. The van der Waals surface area contributed by atoms with Crippen molar-refractivity contribution in [3.8, 4) is 5.75 Å². The largest absolute Gasteiger partial charge is 0.483 e. The molecule has 0 spiro atoms. The highest BCUT2D eigenvalue weighted by molar-refractivity contribution is 7.89. The molecule has 0 aliphatic heterocycles. The summed E-state index contributed by atoms with van der Waals surface area (Å²) < 4.78 is 37.6. The van der Waals surface area contributed by atoms with Crippen molar-refractivity contribution in [2.45, 2.75) is 44.9 Å². The molecule has 0 aliphatic rings. The highest BCUT2D eigenvalue weighted by Gasteiger charge is 2.15. The maximum absolute atomic E-state index is 12.2. The molecule has 2 aromatic rings. The quantitative estimate of drug-likeness (QED) is 0.368. The lowest BCUT2D eigenvalue weighted by Gasteiger charge is -2.12. The molecule has 0 saturated carbocycles. The molecular formula is C23H30N2O6S. The van der Waals surface area contributed by atoms with Gasteiger partial charge in [0.25, 0.3) is 5.91 Å². The molecule has 0 radical (unpaired) electrons. The fraction of sp³-hybridized carbons (Fsp3) is 0.391. The number of amides is 1. The topological polar surface area (TPSA) is 111 Å². The number of nitrogens with one attached hydrogen (secondary N) is 2. The van der Waals surface area contributed by atoms with Crippen molar-refractivity contribution in [2.24, 2.45) is 0 Å². The molecule has 2 rings (SSSR count). The summed E-state index contributed by atoms with van der Waals surface area (Å²) in [6.07, 6.45) is 2.45. The van der Waals surface area contributed by atoms with Crippen LogP contribution in [0.2, 0.25) is 0 Å². The highest BCUT2D eigenvalue weighted by Crippen LogP contribution is 2.22. The zero-order chi connectivity index (χ0) is 23.6. The number of hydrogen-bond acceptors (Lipinski definition) is 6. The average Bonchev–Trinajstić information content (AvgIpc) is 2.77. The van der Waals surface area contributed by atoms with Crippen molar-refractivity contribution < 1.29 is 27.5 Å². The number of rotatable bonds is 12. The molecule has 8 nitrogen and oxygen atoms in total. The molecule has 0 fully saturated rings. The normalized spacial score (nSPS) is 11.1. The molecule has 0 heterocycles. The molecular weight excluding hydrogens is 432 g/mol. The van der Waals surface area contributed by atoms with Crippen LogP contribution >= 0.6 is 0 Å². The number of sulfonamides is 1. The van der Waals surface area contributed by atoms with E-state index in [0.717, 1.165) is 12.8 Å². The van der Waals surface area contributed by atoms with Crippen LogP contribution in [0.4, 0.5) is 5.69 Å². The lowest BCUT2D eigenvalue weighted by Crippen LogP contribution is -2.24. The summed E-state index contributed by atoms with van der Waals surface area (Å²) in [5.74, 6) is -0.366. The summed E-state index contributed by atoms with van der Waals surface area (Å²) >= 11 is 0. The van der Waals surface area contributed by atoms with Crippen molar-refractivity contribution in [1.82, 2.24) is 4.72 Å². The van der Waals surface area contributed by atoms with Crippen LogP contribution in [0.5, 0.6) is 5.75 Å². The van der Waals surface area contributed by atoms with Gasteiger partial charge in [0.1, 0.15) is 5.75 Å². The van der Waals surface area contributed by atoms with E-state index in [1.54, 1.807) is 31.2 Å². The molecule has 9 heteroatoms. The lowest BCUT2D eigenvalue weighted by molar-refractivity contribution is -0.118. The monoisotopic (exact) mass is 462 g/mol. The van der Waals surface area contributed by atoms with Crippen LogP contribution in [0.3, 0.4) is 0 Å². The van der Waals surface area contributed by atoms with Gasteiger partial charge in [0.2, 0.25) is 10.0 Å². The van der Waals surface area contributed by atoms with Gasteiger partial charge >= 0.3 is 5.97 Å². The van der Waals surface area contributed by atoms with Gasteiger partial charge in [0.05, 0.1) is 17.1 Å². The standard InChI is InChI=1S/C23H30N2O6S/c1-4-6-14-30-23(27)18-7-9-19(10-8-18)25-22(26)16-31-21-12-11-20(15-17(21)3)32(28,29)24-13-5-2/h7-12,15,24H,4-6,13-14,16H2,1-3H3,(H,25,26). The lowest BCUT2D eigenvalue weighted by atomic mass is 10.2. The zero-order valence-electron chi connectivity index (χ0n) is 18.6. The Kier molecular flexibility index (Phi) is 9.67. The number of benzene rings is 2. The molecule has 0 atom stereocenters. The minimum absolute atomic E-state index is 0.147. The highest BCUT2D eigenvalue weighted by atomic mass is 32.2. The third-order valence-electron chi connectivity index (χ3n) is 4.49. The summed E-state index contributed by atoms with van der Waals surface area (Å²) in [4.78, 5) is 24.3. The number of carbonyl (C=O) groups excluding carboxylic acids is 2. The Morgan fingerprint density at radius 2 is 1.72 bits per heavy atom. The predicted octanol–water partition coefficient (Wildman–Crippen LogP) is 3.66. The Hall–Kier alpha value is -2.91. The summed E-state index contributed by atoms with van der Waals surface area (Å²) in [6.45, 7) is 6.11. The van der Waals surface area contributed by atoms with Crippen LogP contribution in [-0.2, 0) is 19.6 Å². The molecule has 1 amide bonds. The molecule has 32 heavy (non-hydrogen) atoms. The third kappa shape index (κ3) is 7.65. The second kappa shape index (κ2) is 12.2. The molecule has 2 N–H and O–H groups in total. The van der Waals surface area contributed by atoms with E-state index < -0.39 is 16.0 Å². The Labute approximate surface area is 189 Å².